The lowest BCUT2D eigenvalue weighted by Gasteiger charge is -2.09. The van der Waals surface area contributed by atoms with Crippen LogP contribution in [-0.4, -0.2) is 29.1 Å². The molecule has 2 amide bonds. The summed E-state index contributed by atoms with van der Waals surface area (Å²) < 4.78 is 37.2. The molecule has 6 nitrogen and oxygen atoms in total. The minimum absolute atomic E-state index is 0.0428. The van der Waals surface area contributed by atoms with Crippen LogP contribution in [0, 0.1) is 0 Å². The summed E-state index contributed by atoms with van der Waals surface area (Å²) in [6, 6.07) is 9.60. The van der Waals surface area contributed by atoms with Crippen LogP contribution in [-0.2, 0) is 20.8 Å². The van der Waals surface area contributed by atoms with Gasteiger partial charge >= 0.3 is 18.1 Å². The Morgan fingerprint density at radius 3 is 1.93 bits per heavy atom. The topological polar surface area (TPSA) is 95.5 Å². The monoisotopic (exact) mass is 390 g/mol. The van der Waals surface area contributed by atoms with Crippen molar-refractivity contribution >= 4 is 29.2 Å². The molecule has 0 saturated heterocycles. The average molecular weight is 390 g/mol. The summed E-state index contributed by atoms with van der Waals surface area (Å²) in [6.45, 7) is 0. The Hall–Kier alpha value is -3.62. The molecular formula is C19H13F3N2O4. The van der Waals surface area contributed by atoms with E-state index in [0.717, 1.165) is 34.4 Å². The fourth-order valence-corrected chi connectivity index (χ4v) is 2.90. The Kier molecular flexibility index (Phi) is 4.91. The smallest absolute Gasteiger partial charge is 0.471 e. The molecule has 0 bridgehead atoms. The molecule has 0 atom stereocenters. The summed E-state index contributed by atoms with van der Waals surface area (Å²) in [5.41, 5.74) is 3.77. The van der Waals surface area contributed by atoms with E-state index in [-0.39, 0.29) is 5.69 Å². The number of anilines is 2. The minimum Gasteiger partial charge on any atom is -0.478 e. The molecule has 9 heteroatoms. The highest BCUT2D eigenvalue weighted by Gasteiger charge is 2.38. The third-order valence-electron chi connectivity index (χ3n) is 4.04. The number of alkyl halides is 3. The molecule has 0 heterocycles. The van der Waals surface area contributed by atoms with Crippen LogP contribution in [0.25, 0.3) is 11.1 Å². The molecule has 3 rings (SSSR count). The van der Waals surface area contributed by atoms with Gasteiger partial charge in [-0.15, -0.1) is 0 Å². The summed E-state index contributed by atoms with van der Waals surface area (Å²) in [5.74, 6) is -3.88. The van der Waals surface area contributed by atoms with Crippen LogP contribution in [0.3, 0.4) is 0 Å². The van der Waals surface area contributed by atoms with Gasteiger partial charge in [0.1, 0.15) is 0 Å². The van der Waals surface area contributed by atoms with Crippen molar-refractivity contribution in [2.75, 3.05) is 10.6 Å². The van der Waals surface area contributed by atoms with Gasteiger partial charge in [0.05, 0.1) is 0 Å². The Morgan fingerprint density at radius 2 is 1.43 bits per heavy atom. The molecule has 0 aromatic heterocycles. The molecule has 2 aromatic rings. The number of carbonyl (C=O) groups is 3. The minimum atomic E-state index is -4.97. The fourth-order valence-electron chi connectivity index (χ4n) is 2.90. The van der Waals surface area contributed by atoms with Crippen molar-refractivity contribution in [1.29, 1.82) is 0 Å². The summed E-state index contributed by atoms with van der Waals surface area (Å²) in [5, 5.41) is 12.9. The van der Waals surface area contributed by atoms with E-state index in [1.54, 1.807) is 24.3 Å². The predicted molar refractivity (Wildman–Crippen MR) is 94.8 cm³/mol. The fraction of sp³-hybridized carbons (Fsp3) is 0.105. The molecule has 1 aliphatic carbocycles. The largest absolute Gasteiger partial charge is 0.478 e. The van der Waals surface area contributed by atoms with Gasteiger partial charge in [-0.05, 0) is 52.9 Å². The number of benzene rings is 2. The number of aliphatic carboxylic acids is 1. The van der Waals surface area contributed by atoms with Crippen LogP contribution in [0.2, 0.25) is 0 Å². The number of carbonyl (C=O) groups excluding carboxylic acids is 2. The molecule has 0 saturated carbocycles. The van der Waals surface area contributed by atoms with E-state index < -0.39 is 24.0 Å². The lowest BCUT2D eigenvalue weighted by atomic mass is 10.0. The molecule has 0 fully saturated rings. The van der Waals surface area contributed by atoms with Crippen LogP contribution in [0.5, 0.6) is 0 Å². The zero-order valence-electron chi connectivity index (χ0n) is 14.1. The van der Waals surface area contributed by atoms with Gasteiger partial charge in [-0.2, -0.15) is 13.2 Å². The number of carboxylic acids is 1. The van der Waals surface area contributed by atoms with E-state index in [1.807, 2.05) is 5.32 Å². The maximum absolute atomic E-state index is 12.4. The van der Waals surface area contributed by atoms with Gasteiger partial charge in [0.25, 0.3) is 0 Å². The van der Waals surface area contributed by atoms with Crippen LogP contribution in [0.15, 0.2) is 48.6 Å². The molecule has 3 N–H and O–H groups in total. The molecule has 0 aliphatic heterocycles. The summed E-state index contributed by atoms with van der Waals surface area (Å²) in [4.78, 5) is 33.2. The van der Waals surface area contributed by atoms with Crippen molar-refractivity contribution < 1.29 is 32.7 Å². The van der Waals surface area contributed by atoms with E-state index in [9.17, 15) is 27.6 Å². The quantitative estimate of drug-likeness (QED) is 0.596. The third kappa shape index (κ3) is 4.20. The van der Waals surface area contributed by atoms with E-state index in [2.05, 4.69) is 5.32 Å². The van der Waals surface area contributed by atoms with Gasteiger partial charge in [-0.25, -0.2) is 4.79 Å². The second kappa shape index (κ2) is 7.18. The highest BCUT2D eigenvalue weighted by molar-refractivity contribution is 6.02. The maximum Gasteiger partial charge on any atom is 0.471 e. The van der Waals surface area contributed by atoms with Gasteiger partial charge in [0.15, 0.2) is 0 Å². The van der Waals surface area contributed by atoms with E-state index in [4.69, 9.17) is 5.11 Å². The van der Waals surface area contributed by atoms with Crippen molar-refractivity contribution in [3.05, 3.63) is 59.7 Å². The average Bonchev–Trinajstić information content (AvgIpc) is 2.95. The van der Waals surface area contributed by atoms with Crippen LogP contribution in [0.4, 0.5) is 24.5 Å². The summed E-state index contributed by atoms with van der Waals surface area (Å²) >= 11 is 0. The molecule has 28 heavy (non-hydrogen) atoms. The van der Waals surface area contributed by atoms with Gasteiger partial charge in [0, 0.05) is 23.5 Å². The van der Waals surface area contributed by atoms with Crippen molar-refractivity contribution in [2.24, 2.45) is 0 Å². The zero-order valence-corrected chi connectivity index (χ0v) is 14.1. The Morgan fingerprint density at radius 1 is 0.893 bits per heavy atom. The van der Waals surface area contributed by atoms with Gasteiger partial charge < -0.3 is 15.7 Å². The third-order valence-corrected chi connectivity index (χ3v) is 4.04. The normalized spacial score (nSPS) is 12.4. The summed E-state index contributed by atoms with van der Waals surface area (Å²) in [7, 11) is 0. The number of nitrogens with one attached hydrogen (secondary N) is 2. The number of hydrogen-bond acceptors (Lipinski definition) is 3. The van der Waals surface area contributed by atoms with Crippen LogP contribution in [0.1, 0.15) is 11.1 Å². The van der Waals surface area contributed by atoms with E-state index in [1.165, 1.54) is 12.1 Å². The molecule has 144 valence electrons. The van der Waals surface area contributed by atoms with Gasteiger partial charge in [0.2, 0.25) is 5.91 Å². The molecule has 0 radical (unpaired) electrons. The van der Waals surface area contributed by atoms with Crippen molar-refractivity contribution in [3.63, 3.8) is 0 Å². The zero-order chi connectivity index (χ0) is 20.5. The second-order valence-electron chi connectivity index (χ2n) is 6.03. The van der Waals surface area contributed by atoms with Gasteiger partial charge in [-0.3, -0.25) is 9.59 Å². The number of carboxylic acid groups (broad SMARTS) is 1. The molecule has 0 unspecified atom stereocenters. The molecule has 1 aliphatic rings. The van der Waals surface area contributed by atoms with Crippen molar-refractivity contribution in [2.45, 2.75) is 12.6 Å². The Balaban J connectivity index is 1.77. The number of rotatable bonds is 4. The number of amides is 2. The Labute approximate surface area is 156 Å². The highest BCUT2D eigenvalue weighted by atomic mass is 19.4. The molecule has 2 aromatic carbocycles. The SMILES string of the molecule is O=C(O)/C=C/C(=O)Nc1ccc2c(c1)Cc1cc(NC(=O)C(F)(F)F)ccc1-2. The predicted octanol–water partition coefficient (Wildman–Crippen LogP) is 3.34. The van der Waals surface area contributed by atoms with Crippen LogP contribution >= 0.6 is 0 Å². The second-order valence-corrected chi connectivity index (χ2v) is 6.03. The Bertz CT molecular complexity index is 1010. The van der Waals surface area contributed by atoms with Gasteiger partial charge in [-0.1, -0.05) is 12.1 Å². The van der Waals surface area contributed by atoms with Crippen molar-refractivity contribution in [1.82, 2.24) is 0 Å². The first-order valence-corrected chi connectivity index (χ1v) is 8.00. The van der Waals surface area contributed by atoms with Crippen molar-refractivity contribution in [3.8, 4) is 11.1 Å². The number of halogens is 3. The molecule has 0 spiro atoms. The highest BCUT2D eigenvalue weighted by Crippen LogP contribution is 2.39. The summed E-state index contributed by atoms with van der Waals surface area (Å²) in [6.07, 6.45) is -2.95. The first-order chi connectivity index (χ1) is 13.1. The van der Waals surface area contributed by atoms with E-state index >= 15 is 0 Å². The maximum atomic E-state index is 12.4. The van der Waals surface area contributed by atoms with Crippen LogP contribution < -0.4 is 10.6 Å². The first kappa shape index (κ1) is 19.2. The lowest BCUT2D eigenvalue weighted by Crippen LogP contribution is -2.29. The molecular weight excluding hydrogens is 377 g/mol. The lowest BCUT2D eigenvalue weighted by molar-refractivity contribution is -0.167. The number of fused-ring (bicyclic) bond motifs is 3. The van der Waals surface area contributed by atoms with E-state index in [0.29, 0.717) is 12.1 Å². The standard InChI is InChI=1S/C19H13F3N2O4/c20-19(21,22)18(28)24-13-2-4-15-11(9-13)7-10-8-12(1-3-14(10)15)23-16(25)5-6-17(26)27/h1-6,8-9H,7H2,(H,23,25)(H,24,28)(H,26,27)/b6-5+. The number of hydrogen-bond donors (Lipinski definition) is 3. The first-order valence-electron chi connectivity index (χ1n) is 8.00.